The molecule has 1 saturated heterocycles. The van der Waals surface area contributed by atoms with E-state index in [-0.39, 0.29) is 17.1 Å². The average molecular weight is 305 g/mol. The smallest absolute Gasteiger partial charge is 0.492 e. The zero-order chi connectivity index (χ0) is 16.4. The highest BCUT2D eigenvalue weighted by atomic mass is 16.7. The van der Waals surface area contributed by atoms with Crippen molar-refractivity contribution >= 4 is 18.5 Å². The summed E-state index contributed by atoms with van der Waals surface area (Å²) >= 11 is 0. The van der Waals surface area contributed by atoms with Gasteiger partial charge < -0.3 is 19.4 Å². The van der Waals surface area contributed by atoms with E-state index in [1.54, 1.807) is 0 Å². The van der Waals surface area contributed by atoms with E-state index in [4.69, 9.17) is 14.0 Å². The van der Waals surface area contributed by atoms with Crippen molar-refractivity contribution < 1.29 is 18.8 Å². The fourth-order valence-electron chi connectivity index (χ4n) is 2.13. The maximum absolute atomic E-state index is 10.8. The van der Waals surface area contributed by atoms with Crippen LogP contribution in [0.15, 0.2) is 24.3 Å². The molecule has 0 unspecified atom stereocenters. The molecule has 120 valence electrons. The number of carbonyl (C=O) groups is 1. The topological polar surface area (TPSA) is 56.8 Å². The van der Waals surface area contributed by atoms with Gasteiger partial charge in [-0.3, -0.25) is 4.79 Å². The lowest BCUT2D eigenvalue weighted by Crippen LogP contribution is -2.41. The predicted octanol–water partition coefficient (Wildman–Crippen LogP) is 1.50. The molecule has 1 fully saturated rings. The van der Waals surface area contributed by atoms with Gasteiger partial charge in [0.1, 0.15) is 12.4 Å². The van der Waals surface area contributed by atoms with Crippen molar-refractivity contribution in [1.82, 2.24) is 5.32 Å². The molecule has 6 heteroatoms. The minimum absolute atomic E-state index is 0.0606. The largest absolute Gasteiger partial charge is 0.494 e. The molecule has 0 radical (unpaired) electrons. The third kappa shape index (κ3) is 3.81. The van der Waals surface area contributed by atoms with Crippen molar-refractivity contribution in [3.63, 3.8) is 0 Å². The van der Waals surface area contributed by atoms with Gasteiger partial charge in [-0.15, -0.1) is 0 Å². The van der Waals surface area contributed by atoms with Gasteiger partial charge in [0, 0.05) is 6.92 Å². The van der Waals surface area contributed by atoms with Crippen molar-refractivity contribution in [1.29, 1.82) is 0 Å². The summed E-state index contributed by atoms with van der Waals surface area (Å²) in [6.45, 7) is 10.5. The highest BCUT2D eigenvalue weighted by Gasteiger charge is 2.51. The monoisotopic (exact) mass is 305 g/mol. The van der Waals surface area contributed by atoms with Crippen LogP contribution in [0.4, 0.5) is 0 Å². The lowest BCUT2D eigenvalue weighted by Gasteiger charge is -2.32. The third-order valence-corrected chi connectivity index (χ3v) is 4.13. The first-order chi connectivity index (χ1) is 10.2. The predicted molar refractivity (Wildman–Crippen MR) is 86.3 cm³/mol. The minimum Gasteiger partial charge on any atom is -0.492 e. The van der Waals surface area contributed by atoms with Crippen LogP contribution in [0.1, 0.15) is 34.6 Å². The molecule has 5 nitrogen and oxygen atoms in total. The summed E-state index contributed by atoms with van der Waals surface area (Å²) in [5.41, 5.74) is 0.204. The summed E-state index contributed by atoms with van der Waals surface area (Å²) in [4.78, 5) is 10.8. The molecule has 0 atom stereocenters. The van der Waals surface area contributed by atoms with E-state index in [0.29, 0.717) is 13.2 Å². The summed E-state index contributed by atoms with van der Waals surface area (Å²) in [6, 6.07) is 7.66. The first-order valence-electron chi connectivity index (χ1n) is 7.54. The van der Waals surface area contributed by atoms with E-state index in [1.165, 1.54) is 6.92 Å². The summed E-state index contributed by atoms with van der Waals surface area (Å²) in [7, 11) is -0.399. The Morgan fingerprint density at radius 3 is 2.45 bits per heavy atom. The summed E-state index contributed by atoms with van der Waals surface area (Å²) < 4.78 is 17.7. The Kier molecular flexibility index (Phi) is 4.82. The van der Waals surface area contributed by atoms with E-state index in [2.05, 4.69) is 5.32 Å². The molecule has 0 aromatic heterocycles. The number of amides is 1. The maximum atomic E-state index is 10.8. The minimum atomic E-state index is -0.399. The second-order valence-corrected chi connectivity index (χ2v) is 6.49. The Balaban J connectivity index is 1.99. The normalized spacial score (nSPS) is 19.0. The van der Waals surface area contributed by atoms with Gasteiger partial charge in [0.05, 0.1) is 17.7 Å². The Hall–Kier alpha value is -1.53. The van der Waals surface area contributed by atoms with Crippen molar-refractivity contribution in [2.45, 2.75) is 45.8 Å². The van der Waals surface area contributed by atoms with Crippen LogP contribution in [0.5, 0.6) is 5.75 Å². The van der Waals surface area contributed by atoms with Crippen LogP contribution in [-0.4, -0.2) is 37.4 Å². The van der Waals surface area contributed by atoms with Gasteiger partial charge in [-0.2, -0.15) is 0 Å². The van der Waals surface area contributed by atoms with Gasteiger partial charge >= 0.3 is 7.12 Å². The number of nitrogens with one attached hydrogen (secondary N) is 1. The zero-order valence-electron chi connectivity index (χ0n) is 13.9. The van der Waals surface area contributed by atoms with Crippen molar-refractivity contribution in [2.75, 3.05) is 13.2 Å². The van der Waals surface area contributed by atoms with Gasteiger partial charge in [-0.1, -0.05) is 12.1 Å². The molecule has 0 aliphatic carbocycles. The number of hydrogen-bond donors (Lipinski definition) is 1. The quantitative estimate of drug-likeness (QED) is 0.661. The molecule has 1 aliphatic rings. The number of rotatable bonds is 5. The van der Waals surface area contributed by atoms with Gasteiger partial charge in [-0.05, 0) is 45.3 Å². The third-order valence-electron chi connectivity index (χ3n) is 4.13. The number of carbonyl (C=O) groups excluding carboxylic acids is 1. The molecule has 1 amide bonds. The highest BCUT2D eigenvalue weighted by molar-refractivity contribution is 6.62. The van der Waals surface area contributed by atoms with Crippen LogP contribution < -0.4 is 15.5 Å². The molecule has 1 aliphatic heterocycles. The molecule has 1 aromatic rings. The van der Waals surface area contributed by atoms with Gasteiger partial charge in [0.25, 0.3) is 0 Å². The van der Waals surface area contributed by atoms with Crippen molar-refractivity contribution in [3.05, 3.63) is 24.3 Å². The summed E-state index contributed by atoms with van der Waals surface area (Å²) in [5, 5.41) is 2.69. The SMILES string of the molecule is CC(=O)NCCOc1cccc(B2OC(C)(C)C(C)(C)O2)c1. The summed E-state index contributed by atoms with van der Waals surface area (Å²) in [5.74, 6) is 0.673. The first-order valence-corrected chi connectivity index (χ1v) is 7.54. The second-order valence-electron chi connectivity index (χ2n) is 6.49. The van der Waals surface area contributed by atoms with E-state index >= 15 is 0 Å². The van der Waals surface area contributed by atoms with E-state index < -0.39 is 7.12 Å². The Bertz CT molecular complexity index is 529. The molecule has 1 aromatic carbocycles. The molecule has 0 spiro atoms. The average Bonchev–Trinajstić information content (AvgIpc) is 2.64. The maximum Gasteiger partial charge on any atom is 0.494 e. The van der Waals surface area contributed by atoms with Crippen LogP contribution in [0.25, 0.3) is 0 Å². The first kappa shape index (κ1) is 16.8. The zero-order valence-corrected chi connectivity index (χ0v) is 13.9. The van der Waals surface area contributed by atoms with Crippen molar-refractivity contribution in [3.8, 4) is 5.75 Å². The second kappa shape index (κ2) is 6.30. The standard InChI is InChI=1S/C16H24BNO4/c1-12(19)18-9-10-20-14-8-6-7-13(11-14)17-21-15(2,3)16(4,5)22-17/h6-8,11H,9-10H2,1-5H3,(H,18,19). The van der Waals surface area contributed by atoms with Gasteiger partial charge in [0.2, 0.25) is 5.91 Å². The van der Waals surface area contributed by atoms with Crippen molar-refractivity contribution in [2.24, 2.45) is 0 Å². The van der Waals surface area contributed by atoms with Crippen LogP contribution in [-0.2, 0) is 14.1 Å². The molecule has 22 heavy (non-hydrogen) atoms. The number of benzene rings is 1. The van der Waals surface area contributed by atoms with Crippen LogP contribution in [0.2, 0.25) is 0 Å². The molecular formula is C16H24BNO4. The van der Waals surface area contributed by atoms with E-state index in [0.717, 1.165) is 11.2 Å². The fraction of sp³-hybridized carbons (Fsp3) is 0.562. The Morgan fingerprint density at radius 1 is 1.23 bits per heavy atom. The van der Waals surface area contributed by atoms with Crippen LogP contribution in [0, 0.1) is 0 Å². The van der Waals surface area contributed by atoms with E-state index in [9.17, 15) is 4.79 Å². The van der Waals surface area contributed by atoms with E-state index in [1.807, 2.05) is 52.0 Å². The van der Waals surface area contributed by atoms with Gasteiger partial charge in [-0.25, -0.2) is 0 Å². The molecule has 1 N–H and O–H groups in total. The molecule has 0 bridgehead atoms. The molecular weight excluding hydrogens is 281 g/mol. The van der Waals surface area contributed by atoms with Crippen LogP contribution >= 0.6 is 0 Å². The molecule has 2 rings (SSSR count). The molecule has 0 saturated carbocycles. The Morgan fingerprint density at radius 2 is 1.86 bits per heavy atom. The fourth-order valence-corrected chi connectivity index (χ4v) is 2.13. The summed E-state index contributed by atoms with van der Waals surface area (Å²) in [6.07, 6.45) is 0. The van der Waals surface area contributed by atoms with Crippen LogP contribution in [0.3, 0.4) is 0 Å². The number of hydrogen-bond acceptors (Lipinski definition) is 4. The Labute approximate surface area is 132 Å². The lowest BCUT2D eigenvalue weighted by molar-refractivity contribution is -0.119. The highest BCUT2D eigenvalue weighted by Crippen LogP contribution is 2.36. The lowest BCUT2D eigenvalue weighted by atomic mass is 9.79. The number of ether oxygens (including phenoxy) is 1. The molecule has 1 heterocycles. The van der Waals surface area contributed by atoms with Gasteiger partial charge in [0.15, 0.2) is 0 Å².